The zero-order valence-electron chi connectivity index (χ0n) is 4.26. The fourth-order valence-corrected chi connectivity index (χ4v) is 0.418. The summed E-state index contributed by atoms with van der Waals surface area (Å²) in [4.78, 5) is 10.2. The van der Waals surface area contributed by atoms with Crippen LogP contribution in [0.2, 0.25) is 0 Å². The lowest BCUT2D eigenvalue weighted by Crippen LogP contribution is -2.08. The van der Waals surface area contributed by atoms with E-state index in [4.69, 9.17) is 5.11 Å². The van der Waals surface area contributed by atoms with Gasteiger partial charge in [0.2, 0.25) is 0 Å². The maximum Gasteiger partial charge on any atom is 0.315 e. The molecule has 0 aliphatic rings. The topological polar surface area (TPSA) is 46.5 Å². The van der Waals surface area contributed by atoms with E-state index in [0.29, 0.717) is 4.43 Å². The van der Waals surface area contributed by atoms with E-state index in [9.17, 15) is 4.79 Å². The Kier molecular flexibility index (Phi) is 5.41. The van der Waals surface area contributed by atoms with Gasteiger partial charge in [0.15, 0.2) is 0 Å². The second-order valence-corrected chi connectivity index (χ2v) is 1.84. The number of halogens is 1. The van der Waals surface area contributed by atoms with Crippen molar-refractivity contribution in [1.29, 1.82) is 0 Å². The predicted molar refractivity (Wildman–Crippen MR) is 36.9 cm³/mol. The molecule has 0 saturated carbocycles. The minimum absolute atomic E-state index is 0.0949. The van der Waals surface area contributed by atoms with Crippen molar-refractivity contribution >= 4 is 28.6 Å². The third kappa shape index (κ3) is 4.32. The van der Waals surface area contributed by atoms with E-state index in [-0.39, 0.29) is 19.2 Å². The van der Waals surface area contributed by atoms with Crippen molar-refractivity contribution < 1.29 is 14.6 Å². The van der Waals surface area contributed by atoms with E-state index in [1.54, 1.807) is 0 Å². The molecule has 48 valence electrons. The van der Waals surface area contributed by atoms with Crippen LogP contribution in [0.3, 0.4) is 0 Å². The van der Waals surface area contributed by atoms with E-state index in [1.807, 2.05) is 22.6 Å². The van der Waals surface area contributed by atoms with E-state index < -0.39 is 0 Å². The molecule has 1 N–H and O–H groups in total. The molecule has 0 spiro atoms. The van der Waals surface area contributed by atoms with Gasteiger partial charge in [0, 0.05) is 0 Å². The lowest BCUT2D eigenvalue weighted by molar-refractivity contribution is -0.141. The zero-order chi connectivity index (χ0) is 6.41. The molecule has 0 atom stereocenters. The van der Waals surface area contributed by atoms with E-state index in [1.165, 1.54) is 0 Å². The van der Waals surface area contributed by atoms with E-state index in [0.717, 1.165) is 0 Å². The van der Waals surface area contributed by atoms with E-state index >= 15 is 0 Å². The molecular weight excluding hydrogens is 223 g/mol. The molecule has 4 heteroatoms. The number of hydrogen-bond acceptors (Lipinski definition) is 3. The first-order valence-electron chi connectivity index (χ1n) is 2.13. The van der Waals surface area contributed by atoms with Crippen LogP contribution in [0.15, 0.2) is 0 Å². The molecule has 0 aromatic heterocycles. The van der Waals surface area contributed by atoms with Crippen LogP contribution in [0.5, 0.6) is 0 Å². The van der Waals surface area contributed by atoms with Crippen LogP contribution in [0.25, 0.3) is 0 Å². The van der Waals surface area contributed by atoms with Crippen LogP contribution in [0.4, 0.5) is 0 Å². The molecule has 0 fully saturated rings. The molecule has 0 unspecified atom stereocenters. The van der Waals surface area contributed by atoms with Gasteiger partial charge in [-0.15, -0.1) is 0 Å². The maximum atomic E-state index is 10.2. The second kappa shape index (κ2) is 5.30. The Morgan fingerprint density at radius 3 is 2.75 bits per heavy atom. The Balaban J connectivity index is 2.99. The largest absolute Gasteiger partial charge is 0.463 e. The van der Waals surface area contributed by atoms with Gasteiger partial charge >= 0.3 is 5.97 Å². The predicted octanol–water partition coefficient (Wildman–Crippen LogP) is -0.0431. The summed E-state index contributed by atoms with van der Waals surface area (Å²) >= 11 is 1.90. The monoisotopic (exact) mass is 230 g/mol. The van der Waals surface area contributed by atoms with Gasteiger partial charge in [-0.2, -0.15) is 0 Å². The molecule has 0 aliphatic heterocycles. The summed E-state index contributed by atoms with van der Waals surface area (Å²) in [7, 11) is 0. The Bertz CT molecular complexity index is 73.7. The van der Waals surface area contributed by atoms with Crippen molar-refractivity contribution in [3.8, 4) is 0 Å². The summed E-state index contributed by atoms with van der Waals surface area (Å²) in [5, 5.41) is 8.13. The Morgan fingerprint density at radius 1 is 1.75 bits per heavy atom. The van der Waals surface area contributed by atoms with Crippen molar-refractivity contribution in [1.82, 2.24) is 0 Å². The minimum Gasteiger partial charge on any atom is -0.463 e. The highest BCUT2D eigenvalue weighted by atomic mass is 127. The average molecular weight is 230 g/mol. The summed E-state index contributed by atoms with van der Waals surface area (Å²) in [6.45, 7) is 0.0181. The van der Waals surface area contributed by atoms with Crippen molar-refractivity contribution in [2.75, 3.05) is 17.6 Å². The normalized spacial score (nSPS) is 8.75. The molecule has 3 nitrogen and oxygen atoms in total. The number of carbonyl (C=O) groups excluding carboxylic acids is 1. The highest BCUT2D eigenvalue weighted by molar-refractivity contribution is 14.1. The lowest BCUT2D eigenvalue weighted by atomic mass is 10.7. The Hall–Kier alpha value is 0.160. The van der Waals surface area contributed by atoms with Gasteiger partial charge in [-0.25, -0.2) is 0 Å². The Morgan fingerprint density at radius 2 is 2.38 bits per heavy atom. The summed E-state index contributed by atoms with van der Waals surface area (Å²) in [5.41, 5.74) is 0. The van der Waals surface area contributed by atoms with Crippen LogP contribution in [0, 0.1) is 0 Å². The molecule has 0 bridgehead atoms. The third-order valence-corrected chi connectivity index (χ3v) is 1.09. The first-order valence-corrected chi connectivity index (χ1v) is 3.66. The van der Waals surface area contributed by atoms with Crippen molar-refractivity contribution in [2.24, 2.45) is 0 Å². The number of esters is 1. The fraction of sp³-hybridized carbons (Fsp3) is 0.750. The minimum atomic E-state index is -0.278. The number of carbonyl (C=O) groups is 1. The number of aliphatic hydroxyl groups excluding tert-OH is 1. The average Bonchev–Trinajstić information content (AvgIpc) is 1.83. The Labute approximate surface area is 61.2 Å². The molecule has 0 radical (unpaired) electrons. The zero-order valence-corrected chi connectivity index (χ0v) is 6.42. The van der Waals surface area contributed by atoms with Crippen molar-refractivity contribution in [2.45, 2.75) is 0 Å². The van der Waals surface area contributed by atoms with Gasteiger partial charge in [0.25, 0.3) is 0 Å². The lowest BCUT2D eigenvalue weighted by Gasteiger charge is -1.96. The van der Waals surface area contributed by atoms with Crippen molar-refractivity contribution in [3.05, 3.63) is 0 Å². The number of hydrogen-bond donors (Lipinski definition) is 1. The van der Waals surface area contributed by atoms with Gasteiger partial charge < -0.3 is 9.84 Å². The molecule has 0 aromatic rings. The summed E-state index contributed by atoms with van der Waals surface area (Å²) < 4.78 is 4.79. The second-order valence-electron chi connectivity index (χ2n) is 1.08. The third-order valence-electron chi connectivity index (χ3n) is 0.463. The van der Waals surface area contributed by atoms with Gasteiger partial charge in [-0.1, -0.05) is 22.6 Å². The van der Waals surface area contributed by atoms with Crippen LogP contribution in [-0.4, -0.2) is 28.7 Å². The first-order chi connectivity index (χ1) is 3.81. The van der Waals surface area contributed by atoms with E-state index in [2.05, 4.69) is 4.74 Å². The first kappa shape index (κ1) is 8.16. The van der Waals surface area contributed by atoms with Gasteiger partial charge in [-0.05, 0) is 0 Å². The highest BCUT2D eigenvalue weighted by Crippen LogP contribution is 1.84. The molecule has 0 aromatic carbocycles. The molecule has 0 rings (SSSR count). The molecule has 8 heavy (non-hydrogen) atoms. The molecule has 0 saturated heterocycles. The van der Waals surface area contributed by atoms with Crippen molar-refractivity contribution in [3.63, 3.8) is 0 Å². The molecule has 0 aliphatic carbocycles. The number of ether oxygens (including phenoxy) is 1. The maximum absolute atomic E-state index is 10.2. The van der Waals surface area contributed by atoms with Crippen LogP contribution >= 0.6 is 22.6 Å². The van der Waals surface area contributed by atoms with Gasteiger partial charge in [-0.3, -0.25) is 4.79 Å². The summed E-state index contributed by atoms with van der Waals surface area (Å²) in [6, 6.07) is 0. The smallest absolute Gasteiger partial charge is 0.315 e. The summed E-state index contributed by atoms with van der Waals surface area (Å²) in [5.74, 6) is -0.278. The fourth-order valence-electron chi connectivity index (χ4n) is 0.198. The van der Waals surface area contributed by atoms with Gasteiger partial charge in [0.05, 0.1) is 11.0 Å². The number of alkyl halides is 1. The number of rotatable bonds is 3. The SMILES string of the molecule is O=C(CI)OCCO. The standard InChI is InChI=1S/C4H7IO3/c5-3-4(7)8-2-1-6/h6H,1-3H2. The quantitative estimate of drug-likeness (QED) is 0.420. The molecule has 0 heterocycles. The van der Waals surface area contributed by atoms with Crippen LogP contribution < -0.4 is 0 Å². The van der Waals surface area contributed by atoms with Gasteiger partial charge in [0.1, 0.15) is 6.61 Å². The molecular formula is C4H7IO3. The summed E-state index contributed by atoms with van der Waals surface area (Å²) in [6.07, 6.45) is 0. The van der Waals surface area contributed by atoms with Crippen LogP contribution in [0.1, 0.15) is 0 Å². The van der Waals surface area contributed by atoms with Crippen LogP contribution in [-0.2, 0) is 9.53 Å². The molecule has 0 amide bonds. The highest BCUT2D eigenvalue weighted by Gasteiger charge is 1.95. The number of aliphatic hydroxyl groups is 1.